The number of halogens is 1. The van der Waals surface area contributed by atoms with Crippen molar-refractivity contribution in [3.8, 4) is 0 Å². The lowest BCUT2D eigenvalue weighted by Gasteiger charge is -1.93. The van der Waals surface area contributed by atoms with Gasteiger partial charge in [-0.2, -0.15) is 5.10 Å². The van der Waals surface area contributed by atoms with E-state index in [-0.39, 0.29) is 0 Å². The van der Waals surface area contributed by atoms with Crippen LogP contribution in [0.25, 0.3) is 0 Å². The van der Waals surface area contributed by atoms with Gasteiger partial charge in [0.2, 0.25) is 0 Å². The van der Waals surface area contributed by atoms with Crippen molar-refractivity contribution in [2.45, 2.75) is 13.3 Å². The Kier molecular flexibility index (Phi) is 2.38. The smallest absolute Gasteiger partial charge is 0.253 e. The van der Waals surface area contributed by atoms with Crippen molar-refractivity contribution in [3.05, 3.63) is 16.4 Å². The van der Waals surface area contributed by atoms with Crippen LogP contribution in [0.3, 0.4) is 0 Å². The fourth-order valence-electron chi connectivity index (χ4n) is 1.05. The first-order valence-electron chi connectivity index (χ1n) is 3.59. The van der Waals surface area contributed by atoms with Crippen LogP contribution in [-0.4, -0.2) is 15.7 Å². The van der Waals surface area contributed by atoms with Gasteiger partial charge in [0.15, 0.2) is 0 Å². The number of carbonyl (C=O) groups excluding carboxylic acids is 1. The number of hydrogen-bond acceptors (Lipinski definition) is 2. The van der Waals surface area contributed by atoms with E-state index in [1.54, 1.807) is 7.05 Å². The van der Waals surface area contributed by atoms with Crippen molar-refractivity contribution in [2.75, 3.05) is 0 Å². The molecule has 66 valence electrons. The lowest BCUT2D eigenvalue weighted by Crippen LogP contribution is -2.12. The average molecular weight is 188 g/mol. The number of primary amides is 1. The molecule has 0 saturated heterocycles. The highest BCUT2D eigenvalue weighted by atomic mass is 35.5. The number of amides is 1. The second-order valence-electron chi connectivity index (χ2n) is 2.45. The molecule has 1 amide bonds. The highest BCUT2D eigenvalue weighted by Crippen LogP contribution is 2.18. The summed E-state index contributed by atoms with van der Waals surface area (Å²) in [6, 6.07) is 0. The van der Waals surface area contributed by atoms with Crippen LogP contribution in [0.4, 0.5) is 0 Å². The van der Waals surface area contributed by atoms with E-state index >= 15 is 0 Å². The largest absolute Gasteiger partial charge is 0.365 e. The third kappa shape index (κ3) is 1.30. The molecular weight excluding hydrogens is 178 g/mol. The Morgan fingerprint density at radius 1 is 1.75 bits per heavy atom. The van der Waals surface area contributed by atoms with Crippen LogP contribution < -0.4 is 5.73 Å². The summed E-state index contributed by atoms with van der Waals surface area (Å²) in [6.45, 7) is 1.89. The van der Waals surface area contributed by atoms with Crippen molar-refractivity contribution < 1.29 is 4.79 Å². The minimum atomic E-state index is -0.523. The zero-order valence-electron chi connectivity index (χ0n) is 6.97. The standard InChI is InChI=1S/C7H10ClN3O/c1-3-4-5(7(9)12)6(8)11(2)10-4/h3H2,1-2H3,(H2,9,12). The van der Waals surface area contributed by atoms with Crippen LogP contribution in [0, 0.1) is 0 Å². The Hall–Kier alpha value is -1.03. The average Bonchev–Trinajstić information content (AvgIpc) is 2.28. The van der Waals surface area contributed by atoms with Crippen molar-refractivity contribution in [1.29, 1.82) is 0 Å². The third-order valence-corrected chi connectivity index (χ3v) is 2.06. The molecule has 1 aromatic heterocycles. The van der Waals surface area contributed by atoms with Gasteiger partial charge in [-0.3, -0.25) is 9.48 Å². The Labute approximate surface area is 75.3 Å². The van der Waals surface area contributed by atoms with Gasteiger partial charge in [0, 0.05) is 7.05 Å². The molecule has 5 heteroatoms. The second kappa shape index (κ2) is 3.15. The Morgan fingerprint density at radius 2 is 2.33 bits per heavy atom. The van der Waals surface area contributed by atoms with Crippen molar-refractivity contribution >= 4 is 17.5 Å². The molecule has 1 aromatic rings. The first-order valence-corrected chi connectivity index (χ1v) is 3.96. The topological polar surface area (TPSA) is 60.9 Å². The molecular formula is C7H10ClN3O. The summed E-state index contributed by atoms with van der Waals surface area (Å²) in [6.07, 6.45) is 0.652. The molecule has 0 atom stereocenters. The number of aromatic nitrogens is 2. The molecule has 4 nitrogen and oxygen atoms in total. The van der Waals surface area contributed by atoms with Crippen LogP contribution >= 0.6 is 11.6 Å². The van der Waals surface area contributed by atoms with Gasteiger partial charge in [-0.15, -0.1) is 0 Å². The second-order valence-corrected chi connectivity index (χ2v) is 2.81. The van der Waals surface area contributed by atoms with Gasteiger partial charge in [0.05, 0.1) is 11.3 Å². The van der Waals surface area contributed by atoms with Gasteiger partial charge in [-0.05, 0) is 6.42 Å². The molecule has 0 aliphatic heterocycles. The van der Waals surface area contributed by atoms with Crippen LogP contribution in [0.1, 0.15) is 23.0 Å². The molecule has 1 heterocycles. The van der Waals surface area contributed by atoms with E-state index in [1.165, 1.54) is 4.68 Å². The van der Waals surface area contributed by atoms with E-state index in [4.69, 9.17) is 17.3 Å². The summed E-state index contributed by atoms with van der Waals surface area (Å²) >= 11 is 5.79. The van der Waals surface area contributed by atoms with Gasteiger partial charge < -0.3 is 5.73 Å². The van der Waals surface area contributed by atoms with E-state index in [9.17, 15) is 4.79 Å². The zero-order valence-corrected chi connectivity index (χ0v) is 7.72. The number of nitrogens with two attached hydrogens (primary N) is 1. The lowest BCUT2D eigenvalue weighted by atomic mass is 10.2. The fraction of sp³-hybridized carbons (Fsp3) is 0.429. The quantitative estimate of drug-likeness (QED) is 0.742. The van der Waals surface area contributed by atoms with E-state index in [2.05, 4.69) is 5.10 Å². The van der Waals surface area contributed by atoms with Crippen molar-refractivity contribution in [3.63, 3.8) is 0 Å². The first kappa shape index (κ1) is 9.06. The van der Waals surface area contributed by atoms with Crippen LogP contribution in [0.2, 0.25) is 5.15 Å². The summed E-state index contributed by atoms with van der Waals surface area (Å²) in [5.41, 5.74) is 6.11. The van der Waals surface area contributed by atoms with Crippen LogP contribution in [0.15, 0.2) is 0 Å². The van der Waals surface area contributed by atoms with Gasteiger partial charge in [-0.25, -0.2) is 0 Å². The van der Waals surface area contributed by atoms with Gasteiger partial charge in [0.1, 0.15) is 5.15 Å². The summed E-state index contributed by atoms with van der Waals surface area (Å²) in [4.78, 5) is 10.9. The molecule has 1 rings (SSSR count). The molecule has 12 heavy (non-hydrogen) atoms. The maximum atomic E-state index is 10.9. The first-order chi connectivity index (χ1) is 5.57. The summed E-state index contributed by atoms with van der Waals surface area (Å²) in [5.74, 6) is -0.523. The molecule has 0 aliphatic carbocycles. The number of nitrogens with zero attached hydrogens (tertiary/aromatic N) is 2. The monoisotopic (exact) mass is 187 g/mol. The minimum absolute atomic E-state index is 0.305. The van der Waals surface area contributed by atoms with Crippen molar-refractivity contribution in [2.24, 2.45) is 12.8 Å². The summed E-state index contributed by atoms with van der Waals surface area (Å²) < 4.78 is 1.44. The number of rotatable bonds is 2. The maximum Gasteiger partial charge on any atom is 0.253 e. The molecule has 0 spiro atoms. The number of aryl methyl sites for hydroxylation is 2. The molecule has 0 aliphatic rings. The molecule has 0 aromatic carbocycles. The van der Waals surface area contributed by atoms with E-state index < -0.39 is 5.91 Å². The van der Waals surface area contributed by atoms with Crippen molar-refractivity contribution in [1.82, 2.24) is 9.78 Å². The summed E-state index contributed by atoms with van der Waals surface area (Å²) in [5, 5.41) is 4.34. The Bertz CT molecular complexity index is 319. The molecule has 2 N–H and O–H groups in total. The summed E-state index contributed by atoms with van der Waals surface area (Å²) in [7, 11) is 1.67. The van der Waals surface area contributed by atoms with Gasteiger partial charge in [0.25, 0.3) is 5.91 Å². The van der Waals surface area contributed by atoms with Gasteiger partial charge >= 0.3 is 0 Å². The molecule has 0 fully saturated rings. The Morgan fingerprint density at radius 3 is 2.67 bits per heavy atom. The highest BCUT2D eigenvalue weighted by Gasteiger charge is 2.17. The van der Waals surface area contributed by atoms with E-state index in [1.807, 2.05) is 6.92 Å². The normalized spacial score (nSPS) is 10.2. The minimum Gasteiger partial charge on any atom is -0.365 e. The predicted octanol–water partition coefficient (Wildman–Crippen LogP) is 0.735. The van der Waals surface area contributed by atoms with E-state index in [0.29, 0.717) is 22.8 Å². The number of hydrogen-bond donors (Lipinski definition) is 1. The predicted molar refractivity (Wildman–Crippen MR) is 46.1 cm³/mol. The third-order valence-electron chi connectivity index (χ3n) is 1.63. The maximum absolute atomic E-state index is 10.9. The fourth-order valence-corrected chi connectivity index (χ4v) is 1.29. The van der Waals surface area contributed by atoms with E-state index in [0.717, 1.165) is 0 Å². The Balaban J connectivity index is 3.31. The lowest BCUT2D eigenvalue weighted by molar-refractivity contribution is 0.0999. The molecule has 0 bridgehead atoms. The SMILES string of the molecule is CCc1nn(C)c(Cl)c1C(N)=O. The molecule has 0 unspecified atom stereocenters. The van der Waals surface area contributed by atoms with Gasteiger partial charge in [-0.1, -0.05) is 18.5 Å². The highest BCUT2D eigenvalue weighted by molar-refractivity contribution is 6.33. The molecule has 0 saturated carbocycles. The number of carbonyl (C=O) groups is 1. The zero-order chi connectivity index (χ0) is 9.30. The molecule has 0 radical (unpaired) electrons. The van der Waals surface area contributed by atoms with Crippen LogP contribution in [-0.2, 0) is 13.5 Å². The van der Waals surface area contributed by atoms with Crippen LogP contribution in [0.5, 0.6) is 0 Å².